The molecule has 0 saturated heterocycles. The van der Waals surface area contributed by atoms with E-state index in [2.05, 4.69) is 12.2 Å². The minimum Gasteiger partial charge on any atom is -0.497 e. The number of carboxylic acid groups (broad SMARTS) is 1. The van der Waals surface area contributed by atoms with Crippen molar-refractivity contribution in [3.63, 3.8) is 0 Å². The molecule has 138 valence electrons. The zero-order chi connectivity index (χ0) is 18.2. The fraction of sp³-hybridized carbons (Fsp3) is 0.579. The molecule has 0 bridgehead atoms. The summed E-state index contributed by atoms with van der Waals surface area (Å²) >= 11 is 0. The Labute approximate surface area is 148 Å². The fourth-order valence-electron chi connectivity index (χ4n) is 3.07. The summed E-state index contributed by atoms with van der Waals surface area (Å²) in [5.74, 6) is -0.458. The van der Waals surface area contributed by atoms with Crippen LogP contribution in [0.4, 0.5) is 5.69 Å². The lowest BCUT2D eigenvalue weighted by Crippen LogP contribution is -2.31. The first-order valence-electron chi connectivity index (χ1n) is 8.89. The van der Waals surface area contributed by atoms with Gasteiger partial charge in [0, 0.05) is 12.0 Å². The number of rotatable bonds is 8. The molecule has 6 heteroatoms. The monoisotopic (exact) mass is 349 g/mol. The first-order valence-corrected chi connectivity index (χ1v) is 8.89. The number of unbranched alkanes of at least 4 members (excludes halogenated alkanes) is 1. The van der Waals surface area contributed by atoms with Gasteiger partial charge in [-0.3, -0.25) is 9.59 Å². The maximum Gasteiger partial charge on any atom is 0.306 e. The predicted molar refractivity (Wildman–Crippen MR) is 95.1 cm³/mol. The van der Waals surface area contributed by atoms with Gasteiger partial charge in [-0.1, -0.05) is 19.8 Å². The van der Waals surface area contributed by atoms with E-state index in [1.807, 2.05) is 0 Å². The molecule has 1 aliphatic carbocycles. The molecule has 1 aromatic carbocycles. The van der Waals surface area contributed by atoms with Crippen LogP contribution >= 0.6 is 0 Å². The number of anilines is 1. The van der Waals surface area contributed by atoms with Gasteiger partial charge in [-0.15, -0.1) is 0 Å². The first-order chi connectivity index (χ1) is 12.0. The number of hydrogen-bond donors (Lipinski definition) is 2. The van der Waals surface area contributed by atoms with Crippen molar-refractivity contribution < 1.29 is 24.2 Å². The molecule has 0 aliphatic heterocycles. The van der Waals surface area contributed by atoms with Crippen molar-refractivity contribution in [3.05, 3.63) is 18.2 Å². The van der Waals surface area contributed by atoms with Gasteiger partial charge in [-0.05, 0) is 37.8 Å². The molecule has 2 rings (SSSR count). The van der Waals surface area contributed by atoms with Crippen LogP contribution in [-0.2, 0) is 9.59 Å². The van der Waals surface area contributed by atoms with E-state index in [4.69, 9.17) is 9.47 Å². The summed E-state index contributed by atoms with van der Waals surface area (Å²) in [7, 11) is 1.57. The van der Waals surface area contributed by atoms with Crippen LogP contribution in [0.2, 0.25) is 0 Å². The Hall–Kier alpha value is -2.24. The van der Waals surface area contributed by atoms with Crippen molar-refractivity contribution >= 4 is 17.6 Å². The molecule has 6 nitrogen and oxygen atoms in total. The molecule has 25 heavy (non-hydrogen) atoms. The van der Waals surface area contributed by atoms with Crippen LogP contribution in [0.5, 0.6) is 11.5 Å². The number of carbonyl (C=O) groups excluding carboxylic acids is 1. The quantitative estimate of drug-likeness (QED) is 0.699. The van der Waals surface area contributed by atoms with E-state index in [0.717, 1.165) is 19.3 Å². The van der Waals surface area contributed by atoms with E-state index >= 15 is 0 Å². The number of carbonyl (C=O) groups is 2. The van der Waals surface area contributed by atoms with Gasteiger partial charge >= 0.3 is 5.97 Å². The van der Waals surface area contributed by atoms with E-state index in [1.165, 1.54) is 0 Å². The highest BCUT2D eigenvalue weighted by Crippen LogP contribution is 2.33. The van der Waals surface area contributed by atoms with E-state index in [0.29, 0.717) is 43.1 Å². The third kappa shape index (κ3) is 5.37. The smallest absolute Gasteiger partial charge is 0.306 e. The molecule has 0 spiro atoms. The molecule has 2 atom stereocenters. The van der Waals surface area contributed by atoms with Gasteiger partial charge in [0.1, 0.15) is 11.5 Å². The topological polar surface area (TPSA) is 84.9 Å². The zero-order valence-corrected chi connectivity index (χ0v) is 14.9. The zero-order valence-electron chi connectivity index (χ0n) is 14.9. The van der Waals surface area contributed by atoms with Crippen LogP contribution < -0.4 is 14.8 Å². The van der Waals surface area contributed by atoms with Crippen LogP contribution in [0.15, 0.2) is 18.2 Å². The summed E-state index contributed by atoms with van der Waals surface area (Å²) in [6.45, 7) is 2.66. The van der Waals surface area contributed by atoms with Crippen molar-refractivity contribution in [2.45, 2.75) is 45.4 Å². The highest BCUT2D eigenvalue weighted by Gasteiger charge is 2.31. The minimum absolute atomic E-state index is 0.153. The van der Waals surface area contributed by atoms with Gasteiger partial charge in [0.25, 0.3) is 0 Å². The van der Waals surface area contributed by atoms with Gasteiger partial charge < -0.3 is 19.9 Å². The van der Waals surface area contributed by atoms with Crippen LogP contribution in [0.25, 0.3) is 0 Å². The van der Waals surface area contributed by atoms with Gasteiger partial charge in [-0.25, -0.2) is 0 Å². The van der Waals surface area contributed by atoms with E-state index in [-0.39, 0.29) is 11.8 Å². The van der Waals surface area contributed by atoms with Gasteiger partial charge in [0.05, 0.1) is 25.3 Å². The van der Waals surface area contributed by atoms with Crippen LogP contribution in [-0.4, -0.2) is 30.7 Å². The second kappa shape index (κ2) is 9.30. The van der Waals surface area contributed by atoms with Crippen molar-refractivity contribution in [1.82, 2.24) is 0 Å². The second-order valence-corrected chi connectivity index (χ2v) is 6.45. The summed E-state index contributed by atoms with van der Waals surface area (Å²) < 4.78 is 11.0. The minimum atomic E-state index is -0.817. The van der Waals surface area contributed by atoms with Crippen molar-refractivity contribution in [1.29, 1.82) is 0 Å². The van der Waals surface area contributed by atoms with Crippen LogP contribution in [0.1, 0.15) is 45.4 Å². The highest BCUT2D eigenvalue weighted by atomic mass is 16.5. The largest absolute Gasteiger partial charge is 0.497 e. The Kier molecular flexibility index (Phi) is 7.10. The normalized spacial score (nSPS) is 19.9. The number of hydrogen-bond acceptors (Lipinski definition) is 4. The third-order valence-electron chi connectivity index (χ3n) is 4.59. The molecule has 2 unspecified atom stereocenters. The summed E-state index contributed by atoms with van der Waals surface area (Å²) in [6, 6.07) is 5.31. The Morgan fingerprint density at radius 2 is 2.04 bits per heavy atom. The van der Waals surface area contributed by atoms with Gasteiger partial charge in [0.2, 0.25) is 5.91 Å². The number of amides is 1. The lowest BCUT2D eigenvalue weighted by Gasteiger charge is -2.26. The Morgan fingerprint density at radius 1 is 1.28 bits per heavy atom. The molecule has 1 amide bonds. The summed E-state index contributed by atoms with van der Waals surface area (Å²) in [5, 5.41) is 12.1. The number of ether oxygens (including phenoxy) is 2. The number of benzene rings is 1. The first kappa shape index (κ1) is 19.1. The SMILES string of the molecule is CCCCOc1ccc(OC)cc1NC(=O)C1CCCC(C(=O)O)C1. The highest BCUT2D eigenvalue weighted by molar-refractivity contribution is 5.94. The molecule has 2 N–H and O–H groups in total. The van der Waals surface area contributed by atoms with Crippen LogP contribution in [0, 0.1) is 11.8 Å². The average molecular weight is 349 g/mol. The number of aliphatic carboxylic acids is 1. The number of carboxylic acids is 1. The number of methoxy groups -OCH3 is 1. The average Bonchev–Trinajstić information content (AvgIpc) is 2.63. The van der Waals surface area contributed by atoms with E-state index in [1.54, 1.807) is 25.3 Å². The Morgan fingerprint density at radius 3 is 2.72 bits per heavy atom. The summed E-state index contributed by atoms with van der Waals surface area (Å²) in [5.41, 5.74) is 0.568. The molecule has 0 radical (unpaired) electrons. The van der Waals surface area contributed by atoms with Crippen molar-refractivity contribution in [2.24, 2.45) is 11.8 Å². The van der Waals surface area contributed by atoms with Crippen LogP contribution in [0.3, 0.4) is 0 Å². The lowest BCUT2D eigenvalue weighted by atomic mass is 9.81. The van der Waals surface area contributed by atoms with Crippen molar-refractivity contribution in [2.75, 3.05) is 19.0 Å². The molecule has 1 aliphatic rings. The maximum atomic E-state index is 12.6. The second-order valence-electron chi connectivity index (χ2n) is 6.45. The Bertz CT molecular complexity index is 601. The third-order valence-corrected chi connectivity index (χ3v) is 4.59. The Balaban J connectivity index is 2.08. The maximum absolute atomic E-state index is 12.6. The molecular weight excluding hydrogens is 322 g/mol. The molecular formula is C19H27NO5. The number of nitrogens with one attached hydrogen (secondary N) is 1. The predicted octanol–water partition coefficient (Wildman–Crippen LogP) is 3.70. The fourth-order valence-corrected chi connectivity index (χ4v) is 3.07. The van der Waals surface area contributed by atoms with Gasteiger partial charge in [0.15, 0.2) is 0 Å². The molecule has 0 heterocycles. The molecule has 1 fully saturated rings. The van der Waals surface area contributed by atoms with E-state index in [9.17, 15) is 14.7 Å². The van der Waals surface area contributed by atoms with E-state index < -0.39 is 11.9 Å². The lowest BCUT2D eigenvalue weighted by molar-refractivity contribution is -0.143. The molecule has 0 aromatic heterocycles. The van der Waals surface area contributed by atoms with Gasteiger partial charge in [-0.2, -0.15) is 0 Å². The molecule has 1 aromatic rings. The van der Waals surface area contributed by atoms with Crippen molar-refractivity contribution in [3.8, 4) is 11.5 Å². The summed E-state index contributed by atoms with van der Waals surface area (Å²) in [4.78, 5) is 23.8. The standard InChI is InChI=1S/C19H27NO5/c1-3-4-10-25-17-9-8-15(24-2)12-16(17)20-18(21)13-6-5-7-14(11-13)19(22)23/h8-9,12-14H,3-7,10-11H2,1-2H3,(H,20,21)(H,22,23). The molecule has 1 saturated carbocycles. The summed E-state index contributed by atoms with van der Waals surface area (Å²) in [6.07, 6.45) is 4.46.